The van der Waals surface area contributed by atoms with Crippen LogP contribution in [0.25, 0.3) is 0 Å². The zero-order valence-electron chi connectivity index (χ0n) is 14.5. The fourth-order valence-corrected chi connectivity index (χ4v) is 2.53. The predicted octanol–water partition coefficient (Wildman–Crippen LogP) is 2.94. The lowest BCUT2D eigenvalue weighted by molar-refractivity contribution is -0.120. The van der Waals surface area contributed by atoms with Crippen LogP contribution in [0, 0.1) is 11.8 Å². The molecule has 26 heavy (non-hydrogen) atoms. The summed E-state index contributed by atoms with van der Waals surface area (Å²) in [5, 5.41) is 2.80. The van der Waals surface area contributed by atoms with Crippen molar-refractivity contribution in [1.29, 1.82) is 0 Å². The van der Waals surface area contributed by atoms with E-state index in [1.165, 1.54) is 5.56 Å². The average molecular weight is 351 g/mol. The van der Waals surface area contributed by atoms with Gasteiger partial charge in [-0.05, 0) is 30.5 Å². The Hall–Kier alpha value is -3.13. The SMILES string of the molecule is O=C(CCCc1ccccc1)NCC#CCOc1ccc2c(c1)OCO2. The maximum atomic E-state index is 11.8. The van der Waals surface area contributed by atoms with Gasteiger partial charge in [0.25, 0.3) is 0 Å². The number of benzene rings is 2. The van der Waals surface area contributed by atoms with Crippen molar-refractivity contribution in [3.63, 3.8) is 0 Å². The van der Waals surface area contributed by atoms with Crippen LogP contribution in [0.3, 0.4) is 0 Å². The standard InChI is InChI=1S/C21H21NO4/c23-21(10-6-9-17-7-2-1-3-8-17)22-13-4-5-14-24-18-11-12-19-20(15-18)26-16-25-19/h1-3,7-8,11-12,15H,6,9-10,13-14,16H2,(H,22,23). The van der Waals surface area contributed by atoms with Crippen molar-refractivity contribution < 1.29 is 19.0 Å². The van der Waals surface area contributed by atoms with Crippen LogP contribution in [0.5, 0.6) is 17.2 Å². The third-order valence-electron chi connectivity index (χ3n) is 3.87. The van der Waals surface area contributed by atoms with E-state index in [0.29, 0.717) is 24.5 Å². The Morgan fingerprint density at radius 1 is 1.08 bits per heavy atom. The quantitative estimate of drug-likeness (QED) is 0.780. The van der Waals surface area contributed by atoms with Crippen molar-refractivity contribution in [3.8, 4) is 29.1 Å². The minimum Gasteiger partial charge on any atom is -0.481 e. The van der Waals surface area contributed by atoms with Crippen molar-refractivity contribution in [3.05, 3.63) is 54.1 Å². The van der Waals surface area contributed by atoms with Gasteiger partial charge in [0.05, 0.1) is 6.54 Å². The molecule has 0 radical (unpaired) electrons. The van der Waals surface area contributed by atoms with Gasteiger partial charge < -0.3 is 19.5 Å². The molecule has 0 saturated carbocycles. The number of carbonyl (C=O) groups excluding carboxylic acids is 1. The first-order valence-electron chi connectivity index (χ1n) is 8.60. The molecule has 134 valence electrons. The Morgan fingerprint density at radius 3 is 2.81 bits per heavy atom. The van der Waals surface area contributed by atoms with Crippen molar-refractivity contribution in [2.45, 2.75) is 19.3 Å². The lowest BCUT2D eigenvalue weighted by Crippen LogP contribution is -2.23. The van der Waals surface area contributed by atoms with Gasteiger partial charge in [0.15, 0.2) is 11.5 Å². The molecule has 1 amide bonds. The van der Waals surface area contributed by atoms with E-state index in [0.717, 1.165) is 18.6 Å². The average Bonchev–Trinajstić information content (AvgIpc) is 3.13. The summed E-state index contributed by atoms with van der Waals surface area (Å²) in [6, 6.07) is 15.6. The van der Waals surface area contributed by atoms with Gasteiger partial charge in [0, 0.05) is 12.5 Å². The number of hydrogen-bond acceptors (Lipinski definition) is 4. The number of rotatable bonds is 7. The molecule has 0 spiro atoms. The normalized spacial score (nSPS) is 11.4. The minimum atomic E-state index is 0.0203. The molecular formula is C21H21NO4. The largest absolute Gasteiger partial charge is 0.481 e. The monoisotopic (exact) mass is 351 g/mol. The third-order valence-corrected chi connectivity index (χ3v) is 3.87. The first-order chi connectivity index (χ1) is 12.8. The molecule has 3 rings (SSSR count). The van der Waals surface area contributed by atoms with E-state index in [4.69, 9.17) is 14.2 Å². The van der Waals surface area contributed by atoms with Crippen LogP contribution in [0.4, 0.5) is 0 Å². The predicted molar refractivity (Wildman–Crippen MR) is 98.2 cm³/mol. The van der Waals surface area contributed by atoms with Gasteiger partial charge in [0.1, 0.15) is 12.4 Å². The van der Waals surface area contributed by atoms with E-state index in [1.807, 2.05) is 24.3 Å². The summed E-state index contributed by atoms with van der Waals surface area (Å²) in [5.41, 5.74) is 1.25. The molecular weight excluding hydrogens is 330 g/mol. The van der Waals surface area contributed by atoms with Crippen LogP contribution in [0.15, 0.2) is 48.5 Å². The van der Waals surface area contributed by atoms with E-state index in [1.54, 1.807) is 12.1 Å². The summed E-state index contributed by atoms with van der Waals surface area (Å²) in [5.74, 6) is 7.86. The Bertz CT molecular complexity index is 793. The summed E-state index contributed by atoms with van der Waals surface area (Å²) >= 11 is 0. The van der Waals surface area contributed by atoms with Gasteiger partial charge in [0.2, 0.25) is 12.7 Å². The number of carbonyl (C=O) groups is 1. The molecule has 0 saturated heterocycles. The number of aryl methyl sites for hydroxylation is 1. The highest BCUT2D eigenvalue weighted by molar-refractivity contribution is 5.76. The minimum absolute atomic E-state index is 0.0203. The van der Waals surface area contributed by atoms with Crippen LogP contribution in [-0.2, 0) is 11.2 Å². The lowest BCUT2D eigenvalue weighted by Gasteiger charge is -2.03. The highest BCUT2D eigenvalue weighted by Crippen LogP contribution is 2.34. The molecule has 0 aromatic heterocycles. The molecule has 0 bridgehead atoms. The Labute approximate surface area is 153 Å². The Morgan fingerprint density at radius 2 is 1.92 bits per heavy atom. The number of amides is 1. The second-order valence-corrected chi connectivity index (χ2v) is 5.77. The van der Waals surface area contributed by atoms with E-state index in [9.17, 15) is 4.79 Å². The molecule has 1 N–H and O–H groups in total. The van der Waals surface area contributed by atoms with Gasteiger partial charge in [-0.15, -0.1) is 0 Å². The van der Waals surface area contributed by atoms with Crippen LogP contribution in [0.2, 0.25) is 0 Å². The van der Waals surface area contributed by atoms with Gasteiger partial charge in [-0.2, -0.15) is 0 Å². The molecule has 1 heterocycles. The summed E-state index contributed by atoms with van der Waals surface area (Å²) in [6.45, 7) is 0.821. The second-order valence-electron chi connectivity index (χ2n) is 5.77. The first kappa shape index (κ1) is 17.7. The van der Waals surface area contributed by atoms with E-state index < -0.39 is 0 Å². The molecule has 0 aliphatic carbocycles. The van der Waals surface area contributed by atoms with E-state index in [2.05, 4.69) is 29.3 Å². The van der Waals surface area contributed by atoms with Crippen molar-refractivity contribution in [2.24, 2.45) is 0 Å². The van der Waals surface area contributed by atoms with Crippen LogP contribution < -0.4 is 19.5 Å². The fourth-order valence-electron chi connectivity index (χ4n) is 2.53. The molecule has 5 nitrogen and oxygen atoms in total. The zero-order chi connectivity index (χ0) is 18.0. The summed E-state index contributed by atoms with van der Waals surface area (Å²) in [6.07, 6.45) is 2.24. The van der Waals surface area contributed by atoms with E-state index in [-0.39, 0.29) is 19.3 Å². The molecule has 1 aliphatic rings. The van der Waals surface area contributed by atoms with Gasteiger partial charge in [-0.3, -0.25) is 4.79 Å². The van der Waals surface area contributed by atoms with E-state index >= 15 is 0 Å². The second kappa shape index (κ2) is 9.38. The number of hydrogen-bond donors (Lipinski definition) is 1. The highest BCUT2D eigenvalue weighted by atomic mass is 16.7. The molecule has 0 unspecified atom stereocenters. The Kier molecular flexibility index (Phi) is 6.38. The molecule has 0 fully saturated rings. The molecule has 1 aliphatic heterocycles. The first-order valence-corrected chi connectivity index (χ1v) is 8.60. The smallest absolute Gasteiger partial charge is 0.231 e. The molecule has 0 atom stereocenters. The molecule has 2 aromatic carbocycles. The molecule has 5 heteroatoms. The number of ether oxygens (including phenoxy) is 3. The van der Waals surface area contributed by atoms with Crippen LogP contribution >= 0.6 is 0 Å². The van der Waals surface area contributed by atoms with Gasteiger partial charge in [-0.1, -0.05) is 42.2 Å². The maximum Gasteiger partial charge on any atom is 0.231 e. The van der Waals surface area contributed by atoms with Crippen molar-refractivity contribution in [1.82, 2.24) is 5.32 Å². The summed E-state index contributed by atoms with van der Waals surface area (Å²) < 4.78 is 16.1. The maximum absolute atomic E-state index is 11.8. The fraction of sp³-hybridized carbons (Fsp3) is 0.286. The molecule has 2 aromatic rings. The number of fused-ring (bicyclic) bond motifs is 1. The summed E-state index contributed by atoms with van der Waals surface area (Å²) in [4.78, 5) is 11.8. The van der Waals surface area contributed by atoms with Crippen molar-refractivity contribution >= 4 is 5.91 Å². The van der Waals surface area contributed by atoms with Gasteiger partial charge >= 0.3 is 0 Å². The Balaban J connectivity index is 1.28. The van der Waals surface area contributed by atoms with Gasteiger partial charge in [-0.25, -0.2) is 0 Å². The van der Waals surface area contributed by atoms with Crippen molar-refractivity contribution in [2.75, 3.05) is 19.9 Å². The topological polar surface area (TPSA) is 56.8 Å². The highest BCUT2D eigenvalue weighted by Gasteiger charge is 2.13. The van der Waals surface area contributed by atoms with Crippen LogP contribution in [0.1, 0.15) is 18.4 Å². The summed E-state index contributed by atoms with van der Waals surface area (Å²) in [7, 11) is 0. The lowest BCUT2D eigenvalue weighted by atomic mass is 10.1. The third kappa shape index (κ3) is 5.45. The van der Waals surface area contributed by atoms with Crippen LogP contribution in [-0.4, -0.2) is 25.9 Å². The zero-order valence-corrected chi connectivity index (χ0v) is 14.5. The number of nitrogens with one attached hydrogen (secondary N) is 1.